The maximum absolute atomic E-state index is 13.7. The fraction of sp³-hybridized carbons (Fsp3) is 0.136. The van der Waals surface area contributed by atoms with Crippen molar-refractivity contribution in [2.75, 3.05) is 0 Å². The van der Waals surface area contributed by atoms with E-state index in [4.69, 9.17) is 9.84 Å². The number of carbonyl (C=O) groups is 1. The zero-order valence-corrected chi connectivity index (χ0v) is 14.2. The Bertz CT molecular complexity index is 874. The van der Waals surface area contributed by atoms with Crippen molar-refractivity contribution in [3.05, 3.63) is 89.7 Å². The molecular weight excluding hydrogens is 331 g/mol. The maximum Gasteiger partial charge on any atom is 0.303 e. The van der Waals surface area contributed by atoms with Crippen molar-refractivity contribution in [3.63, 3.8) is 0 Å². The van der Waals surface area contributed by atoms with Gasteiger partial charge in [-0.2, -0.15) is 0 Å². The van der Waals surface area contributed by atoms with Gasteiger partial charge in [-0.3, -0.25) is 4.79 Å². The van der Waals surface area contributed by atoms with Crippen molar-refractivity contribution in [2.45, 2.75) is 19.4 Å². The standard InChI is InChI=1S/C22H19FO3/c23-19-9-12-21(17-4-2-1-3-5-17)18(14-19)15-26-20-10-6-16(7-11-20)8-13-22(24)25/h1-7,9-12,14H,8,13,15H2,(H,24,25). The van der Waals surface area contributed by atoms with Gasteiger partial charge < -0.3 is 9.84 Å². The quantitative estimate of drug-likeness (QED) is 0.646. The van der Waals surface area contributed by atoms with E-state index in [-0.39, 0.29) is 18.8 Å². The van der Waals surface area contributed by atoms with Crippen LogP contribution in [0, 0.1) is 5.82 Å². The van der Waals surface area contributed by atoms with Crippen LogP contribution >= 0.6 is 0 Å². The number of benzene rings is 3. The van der Waals surface area contributed by atoms with Crippen LogP contribution in [0.4, 0.5) is 4.39 Å². The molecule has 0 unspecified atom stereocenters. The van der Waals surface area contributed by atoms with Gasteiger partial charge in [0.05, 0.1) is 0 Å². The van der Waals surface area contributed by atoms with Crippen molar-refractivity contribution >= 4 is 5.97 Å². The van der Waals surface area contributed by atoms with Crippen LogP contribution in [-0.4, -0.2) is 11.1 Å². The Morgan fingerprint density at radius 1 is 0.962 bits per heavy atom. The summed E-state index contributed by atoms with van der Waals surface area (Å²) < 4.78 is 19.5. The van der Waals surface area contributed by atoms with Gasteiger partial charge in [0.25, 0.3) is 0 Å². The minimum atomic E-state index is -0.815. The number of hydrogen-bond donors (Lipinski definition) is 1. The third-order valence-corrected chi connectivity index (χ3v) is 4.10. The summed E-state index contributed by atoms with van der Waals surface area (Å²) in [6.45, 7) is 0.246. The lowest BCUT2D eigenvalue weighted by Crippen LogP contribution is -2.00. The first-order chi connectivity index (χ1) is 12.6. The molecule has 0 heterocycles. The van der Waals surface area contributed by atoms with Crippen LogP contribution in [0.1, 0.15) is 17.5 Å². The molecule has 0 radical (unpaired) electrons. The number of rotatable bonds is 7. The van der Waals surface area contributed by atoms with Crippen LogP contribution in [0.5, 0.6) is 5.75 Å². The smallest absolute Gasteiger partial charge is 0.303 e. The molecule has 0 amide bonds. The summed E-state index contributed by atoms with van der Waals surface area (Å²) in [7, 11) is 0. The molecule has 0 atom stereocenters. The summed E-state index contributed by atoms with van der Waals surface area (Å²) >= 11 is 0. The number of ether oxygens (including phenoxy) is 1. The van der Waals surface area contributed by atoms with Crippen LogP contribution in [0.2, 0.25) is 0 Å². The molecule has 0 saturated heterocycles. The molecule has 0 bridgehead atoms. The summed E-state index contributed by atoms with van der Waals surface area (Å²) in [5, 5.41) is 8.73. The fourth-order valence-corrected chi connectivity index (χ4v) is 2.75. The molecule has 0 fully saturated rings. The van der Waals surface area contributed by atoms with Gasteiger partial charge in [-0.1, -0.05) is 48.5 Å². The molecule has 0 spiro atoms. The van der Waals surface area contributed by atoms with Crippen LogP contribution in [0.25, 0.3) is 11.1 Å². The molecule has 132 valence electrons. The van der Waals surface area contributed by atoms with E-state index in [9.17, 15) is 9.18 Å². The van der Waals surface area contributed by atoms with Crippen molar-refractivity contribution in [2.24, 2.45) is 0 Å². The Hall–Kier alpha value is -3.14. The van der Waals surface area contributed by atoms with Crippen molar-refractivity contribution in [1.29, 1.82) is 0 Å². The SMILES string of the molecule is O=C(O)CCc1ccc(OCc2cc(F)ccc2-c2ccccc2)cc1. The first-order valence-electron chi connectivity index (χ1n) is 8.39. The van der Waals surface area contributed by atoms with Crippen LogP contribution < -0.4 is 4.74 Å². The number of hydrogen-bond acceptors (Lipinski definition) is 2. The largest absolute Gasteiger partial charge is 0.489 e. The van der Waals surface area contributed by atoms with Gasteiger partial charge in [0, 0.05) is 6.42 Å². The second kappa shape index (κ2) is 8.30. The number of aliphatic carboxylic acids is 1. The summed E-state index contributed by atoms with van der Waals surface area (Å²) in [5.74, 6) is -0.454. The Kier molecular flexibility index (Phi) is 5.64. The van der Waals surface area contributed by atoms with Gasteiger partial charge in [-0.05, 0) is 52.9 Å². The van der Waals surface area contributed by atoms with Crippen molar-refractivity contribution in [1.82, 2.24) is 0 Å². The van der Waals surface area contributed by atoms with Crippen molar-refractivity contribution in [3.8, 4) is 16.9 Å². The predicted molar refractivity (Wildman–Crippen MR) is 98.6 cm³/mol. The topological polar surface area (TPSA) is 46.5 Å². The van der Waals surface area contributed by atoms with Crippen LogP contribution in [-0.2, 0) is 17.8 Å². The lowest BCUT2D eigenvalue weighted by atomic mass is 10.00. The van der Waals surface area contributed by atoms with E-state index in [1.54, 1.807) is 18.2 Å². The molecule has 26 heavy (non-hydrogen) atoms. The number of carboxylic acids is 1. The summed E-state index contributed by atoms with van der Waals surface area (Å²) in [6, 6.07) is 21.8. The van der Waals surface area contributed by atoms with Crippen LogP contribution in [0.15, 0.2) is 72.8 Å². The monoisotopic (exact) mass is 350 g/mol. The van der Waals surface area contributed by atoms with E-state index >= 15 is 0 Å². The molecule has 3 aromatic rings. The van der Waals surface area contributed by atoms with Gasteiger partial charge in [-0.15, -0.1) is 0 Å². The molecule has 3 rings (SSSR count). The molecule has 0 saturated carbocycles. The molecular formula is C22H19FO3. The third-order valence-electron chi connectivity index (χ3n) is 4.10. The highest BCUT2D eigenvalue weighted by Crippen LogP contribution is 2.26. The Morgan fingerprint density at radius 3 is 2.38 bits per heavy atom. The average Bonchev–Trinajstić information content (AvgIpc) is 2.66. The van der Waals surface area contributed by atoms with Crippen LogP contribution in [0.3, 0.4) is 0 Å². The number of aryl methyl sites for hydroxylation is 1. The lowest BCUT2D eigenvalue weighted by Gasteiger charge is -2.12. The zero-order valence-electron chi connectivity index (χ0n) is 14.2. The second-order valence-electron chi connectivity index (χ2n) is 5.99. The zero-order chi connectivity index (χ0) is 18.4. The number of carboxylic acid groups (broad SMARTS) is 1. The third kappa shape index (κ3) is 4.70. The van der Waals surface area contributed by atoms with Gasteiger partial charge in [0.1, 0.15) is 18.2 Å². The maximum atomic E-state index is 13.7. The highest BCUT2D eigenvalue weighted by Gasteiger charge is 2.08. The second-order valence-corrected chi connectivity index (χ2v) is 5.99. The van der Waals surface area contributed by atoms with E-state index in [0.29, 0.717) is 12.2 Å². The Balaban J connectivity index is 1.71. The van der Waals surface area contributed by atoms with Crippen molar-refractivity contribution < 1.29 is 19.0 Å². The molecule has 0 aliphatic heterocycles. The highest BCUT2D eigenvalue weighted by molar-refractivity contribution is 5.67. The van der Waals surface area contributed by atoms with E-state index in [1.165, 1.54) is 12.1 Å². The van der Waals surface area contributed by atoms with Gasteiger partial charge in [0.2, 0.25) is 0 Å². The first-order valence-corrected chi connectivity index (χ1v) is 8.39. The van der Waals surface area contributed by atoms with E-state index in [0.717, 1.165) is 22.3 Å². The van der Waals surface area contributed by atoms with Gasteiger partial charge in [-0.25, -0.2) is 4.39 Å². The summed E-state index contributed by atoms with van der Waals surface area (Å²) in [5.41, 5.74) is 3.65. The van der Waals surface area contributed by atoms with E-state index in [1.807, 2.05) is 42.5 Å². The molecule has 3 aromatic carbocycles. The molecule has 0 aliphatic rings. The average molecular weight is 350 g/mol. The molecule has 0 aliphatic carbocycles. The first kappa shape index (κ1) is 17.7. The van der Waals surface area contributed by atoms with Gasteiger partial charge >= 0.3 is 5.97 Å². The normalized spacial score (nSPS) is 10.5. The minimum absolute atomic E-state index is 0.101. The molecule has 0 aromatic heterocycles. The fourth-order valence-electron chi connectivity index (χ4n) is 2.75. The summed E-state index contributed by atoms with van der Waals surface area (Å²) in [4.78, 5) is 10.6. The van der Waals surface area contributed by atoms with E-state index in [2.05, 4.69) is 0 Å². The summed E-state index contributed by atoms with van der Waals surface area (Å²) in [6.07, 6.45) is 0.585. The molecule has 1 N–H and O–H groups in total. The van der Waals surface area contributed by atoms with Gasteiger partial charge in [0.15, 0.2) is 0 Å². The van der Waals surface area contributed by atoms with E-state index < -0.39 is 5.97 Å². The predicted octanol–water partition coefficient (Wildman–Crippen LogP) is 5.09. The minimum Gasteiger partial charge on any atom is -0.489 e. The highest BCUT2D eigenvalue weighted by atomic mass is 19.1. The number of halogens is 1. The Labute approximate surface area is 151 Å². The lowest BCUT2D eigenvalue weighted by molar-refractivity contribution is -0.136. The molecule has 3 nitrogen and oxygen atoms in total. The Morgan fingerprint density at radius 2 is 1.69 bits per heavy atom. The molecule has 4 heteroatoms.